The minimum absolute atomic E-state index is 0. The van der Waals surface area contributed by atoms with Crippen molar-refractivity contribution < 1.29 is 24.8 Å². The van der Waals surface area contributed by atoms with Gasteiger partial charge in [0.15, 0.2) is 0 Å². The number of rotatable bonds is 11. The van der Waals surface area contributed by atoms with Gasteiger partial charge >= 0.3 is 20.1 Å². The van der Waals surface area contributed by atoms with E-state index in [0.717, 1.165) is 71.1 Å². The molecule has 266 valence electrons. The van der Waals surface area contributed by atoms with E-state index in [4.69, 9.17) is 4.74 Å². The first kappa shape index (κ1) is 37.8. The molecule has 0 aliphatic rings. The van der Waals surface area contributed by atoms with Crippen molar-refractivity contribution in [1.82, 2.24) is 19.5 Å². The minimum atomic E-state index is 0. The predicted octanol–water partition coefficient (Wildman–Crippen LogP) is 10.7. The summed E-state index contributed by atoms with van der Waals surface area (Å²) in [6.07, 6.45) is 11.0. The van der Waals surface area contributed by atoms with Crippen LogP contribution in [0.3, 0.4) is 0 Å². The van der Waals surface area contributed by atoms with Crippen LogP contribution in [0.25, 0.3) is 33.9 Å². The summed E-state index contributed by atoms with van der Waals surface area (Å²) in [5, 5.41) is 0. The van der Waals surface area contributed by atoms with Gasteiger partial charge < -0.3 is 19.3 Å². The summed E-state index contributed by atoms with van der Waals surface area (Å²) in [6, 6.07) is 58.7. The second-order valence-corrected chi connectivity index (χ2v) is 12.6. The van der Waals surface area contributed by atoms with Gasteiger partial charge in [-0.25, -0.2) is 0 Å². The molecule has 5 aromatic carbocycles. The molecular formula is C48H39IrN4O. The summed E-state index contributed by atoms with van der Waals surface area (Å²) < 4.78 is 8.55. The maximum Gasteiger partial charge on any atom is 3.00 e. The zero-order valence-electron chi connectivity index (χ0n) is 30.0. The van der Waals surface area contributed by atoms with Crippen molar-refractivity contribution in [1.29, 1.82) is 0 Å². The molecule has 0 bridgehead atoms. The van der Waals surface area contributed by atoms with Crippen molar-refractivity contribution in [2.45, 2.75) is 25.7 Å². The van der Waals surface area contributed by atoms with Gasteiger partial charge in [0.2, 0.25) is 0 Å². The molecule has 8 aromatic rings. The first-order valence-electron chi connectivity index (χ1n) is 17.8. The van der Waals surface area contributed by atoms with Crippen molar-refractivity contribution in [3.8, 4) is 45.4 Å². The Morgan fingerprint density at radius 3 is 1.74 bits per heavy atom. The Morgan fingerprint density at radius 1 is 0.500 bits per heavy atom. The second-order valence-electron chi connectivity index (χ2n) is 12.6. The number of pyridine rings is 2. The third-order valence-corrected chi connectivity index (χ3v) is 8.92. The Balaban J connectivity index is 0.000000324. The fourth-order valence-electron chi connectivity index (χ4n) is 6.12. The Kier molecular flexibility index (Phi) is 13.5. The van der Waals surface area contributed by atoms with Crippen molar-refractivity contribution >= 4 is 0 Å². The van der Waals surface area contributed by atoms with Gasteiger partial charge in [-0.3, -0.25) is 4.98 Å². The maximum atomic E-state index is 6.57. The number of hydrogen-bond acceptors (Lipinski definition) is 4. The van der Waals surface area contributed by atoms with Crippen molar-refractivity contribution in [3.63, 3.8) is 0 Å². The molecule has 0 spiro atoms. The van der Waals surface area contributed by atoms with Gasteiger partial charge in [0.1, 0.15) is 11.5 Å². The Labute approximate surface area is 331 Å². The molecule has 0 atom stereocenters. The largest absolute Gasteiger partial charge is 3.00 e. The summed E-state index contributed by atoms with van der Waals surface area (Å²) in [7, 11) is 1.98. The molecule has 0 saturated carbocycles. The summed E-state index contributed by atoms with van der Waals surface area (Å²) in [5.41, 5.74) is 9.82. The average Bonchev–Trinajstić information content (AvgIpc) is 3.67. The van der Waals surface area contributed by atoms with Crippen molar-refractivity contribution in [2.75, 3.05) is 0 Å². The van der Waals surface area contributed by atoms with Crippen LogP contribution in [0.5, 0.6) is 11.5 Å². The van der Waals surface area contributed by atoms with Crippen LogP contribution in [-0.4, -0.2) is 19.5 Å². The molecule has 6 heteroatoms. The zero-order valence-corrected chi connectivity index (χ0v) is 32.4. The van der Waals surface area contributed by atoms with Crippen LogP contribution in [0.15, 0.2) is 170 Å². The number of aromatic nitrogens is 4. The first-order valence-corrected chi connectivity index (χ1v) is 17.8. The molecule has 0 amide bonds. The van der Waals surface area contributed by atoms with E-state index in [1.54, 1.807) is 6.20 Å². The summed E-state index contributed by atoms with van der Waals surface area (Å²) in [4.78, 5) is 13.2. The molecule has 0 radical (unpaired) electrons. The molecule has 0 N–H and O–H groups in total. The molecule has 0 saturated heterocycles. The van der Waals surface area contributed by atoms with E-state index in [1.165, 1.54) is 22.3 Å². The number of imidazole rings is 1. The second kappa shape index (κ2) is 19.2. The standard InChI is InChI=1S/C38H30N2O.C10H9N2.Ir/c1-2-12-31(13-3-1)36-28-30(24-26-40-36)21-23-33-15-5-7-19-38(33)41-37-18-6-4-14-32(37)22-20-29-11-10-16-34(27-29)35-17-8-9-25-39-35;1-12-8-7-11-10(12)9-5-3-2-4-6-9;/h1-12,14-15,17-19,24-28H,20-23H2;2-5,7-8H,1H3;/q-2;-1;+3. The van der Waals surface area contributed by atoms with E-state index >= 15 is 0 Å². The first-order chi connectivity index (χ1) is 26.2. The van der Waals surface area contributed by atoms with E-state index in [0.29, 0.717) is 0 Å². The number of ether oxygens (including phenoxy) is 1. The number of hydrogen-bond donors (Lipinski definition) is 0. The van der Waals surface area contributed by atoms with Gasteiger partial charge in [-0.1, -0.05) is 60.2 Å². The van der Waals surface area contributed by atoms with E-state index in [-0.39, 0.29) is 20.1 Å². The summed E-state index contributed by atoms with van der Waals surface area (Å²) >= 11 is 0. The van der Waals surface area contributed by atoms with Crippen LogP contribution in [0, 0.1) is 18.2 Å². The Bertz CT molecular complexity index is 2210. The van der Waals surface area contributed by atoms with Gasteiger partial charge in [-0.2, -0.15) is 0 Å². The van der Waals surface area contributed by atoms with Crippen LogP contribution in [0.1, 0.15) is 22.3 Å². The zero-order chi connectivity index (χ0) is 36.1. The average molecular weight is 880 g/mol. The van der Waals surface area contributed by atoms with Crippen LogP contribution in [-0.2, 0) is 52.8 Å². The molecule has 54 heavy (non-hydrogen) atoms. The van der Waals surface area contributed by atoms with Gasteiger partial charge in [0.05, 0.1) is 5.82 Å². The maximum absolute atomic E-state index is 6.57. The fourth-order valence-corrected chi connectivity index (χ4v) is 6.12. The normalized spacial score (nSPS) is 10.5. The molecule has 0 unspecified atom stereocenters. The van der Waals surface area contributed by atoms with E-state index in [1.807, 2.05) is 115 Å². The Morgan fingerprint density at radius 2 is 1.11 bits per heavy atom. The number of para-hydroxylation sites is 2. The monoisotopic (exact) mass is 880 g/mol. The van der Waals surface area contributed by atoms with E-state index in [2.05, 4.69) is 93.8 Å². The molecule has 3 heterocycles. The van der Waals surface area contributed by atoms with Crippen LogP contribution in [0.4, 0.5) is 0 Å². The fraction of sp³-hybridized carbons (Fsp3) is 0.104. The van der Waals surface area contributed by atoms with Crippen LogP contribution >= 0.6 is 0 Å². The molecular weight excluding hydrogens is 841 g/mol. The molecule has 0 aliphatic heterocycles. The molecule has 0 fully saturated rings. The van der Waals surface area contributed by atoms with E-state index < -0.39 is 0 Å². The third kappa shape index (κ3) is 10.1. The quantitative estimate of drug-likeness (QED) is 0.122. The van der Waals surface area contributed by atoms with Crippen molar-refractivity contribution in [2.24, 2.45) is 7.05 Å². The number of nitrogens with zero attached hydrogens (tertiary/aromatic N) is 4. The summed E-state index contributed by atoms with van der Waals surface area (Å²) in [5.74, 6) is 2.76. The number of benzene rings is 5. The van der Waals surface area contributed by atoms with Gasteiger partial charge in [0.25, 0.3) is 0 Å². The molecule has 5 nitrogen and oxygen atoms in total. The SMILES string of the molecule is Cn1ccnc1-c1[c-]cccc1.[Ir+3].[c-]1ccccc1-c1cc(CCc2ccccc2Oc2ccccc2CCc2cc[c-]c(-c3ccccn3)c2)ccn1. The molecule has 3 aromatic heterocycles. The van der Waals surface area contributed by atoms with E-state index in [9.17, 15) is 0 Å². The number of aryl methyl sites for hydroxylation is 5. The minimum Gasteiger partial charge on any atom is -0.457 e. The third-order valence-electron chi connectivity index (χ3n) is 8.92. The Hall–Kier alpha value is -5.94. The molecule has 0 aliphatic carbocycles. The summed E-state index contributed by atoms with van der Waals surface area (Å²) in [6.45, 7) is 0. The van der Waals surface area contributed by atoms with Crippen LogP contribution in [0.2, 0.25) is 0 Å². The predicted molar refractivity (Wildman–Crippen MR) is 212 cm³/mol. The smallest absolute Gasteiger partial charge is 0.457 e. The topological polar surface area (TPSA) is 52.8 Å². The van der Waals surface area contributed by atoms with Crippen molar-refractivity contribution in [3.05, 3.63) is 211 Å². The van der Waals surface area contributed by atoms with Gasteiger partial charge in [-0.05, 0) is 72.5 Å². The van der Waals surface area contributed by atoms with Crippen LogP contribution < -0.4 is 4.74 Å². The van der Waals surface area contributed by atoms with Gasteiger partial charge in [0, 0.05) is 31.8 Å². The molecule has 8 rings (SSSR count). The van der Waals surface area contributed by atoms with Gasteiger partial charge in [-0.15, -0.1) is 107 Å².